The predicted molar refractivity (Wildman–Crippen MR) is 93.7 cm³/mol. The van der Waals surface area contributed by atoms with E-state index in [4.69, 9.17) is 4.74 Å². The van der Waals surface area contributed by atoms with Crippen molar-refractivity contribution in [2.24, 2.45) is 0 Å². The molecule has 1 aromatic rings. The Labute approximate surface area is 138 Å². The zero-order chi connectivity index (χ0) is 16.4. The maximum atomic E-state index is 12.1. The summed E-state index contributed by atoms with van der Waals surface area (Å²) in [4.78, 5) is 16.3. The molecular formula is C19H26N2O2. The van der Waals surface area contributed by atoms with Gasteiger partial charge in [0.25, 0.3) is 0 Å². The average molecular weight is 314 g/mol. The van der Waals surface area contributed by atoms with Crippen LogP contribution in [-0.4, -0.2) is 42.8 Å². The standard InChI is InChI=1S/C19H26N2O2/c1-19(2,3)23-18(22)21-13-10-16(14-21)15-6-8-17(9-7-15)20-11-4-5-12-20/h6-10H,4-5,11-14H2,1-3H3. The molecule has 2 heterocycles. The molecule has 1 saturated heterocycles. The molecule has 1 fully saturated rings. The third-order valence-corrected chi connectivity index (χ3v) is 4.28. The van der Waals surface area contributed by atoms with Crippen LogP contribution >= 0.6 is 0 Å². The summed E-state index contributed by atoms with van der Waals surface area (Å²) in [6.45, 7) is 9.25. The van der Waals surface area contributed by atoms with Crippen molar-refractivity contribution in [3.8, 4) is 0 Å². The Morgan fingerprint density at radius 1 is 1.09 bits per heavy atom. The number of carbonyl (C=O) groups excluding carboxylic acids is 1. The molecule has 1 amide bonds. The fourth-order valence-corrected chi connectivity index (χ4v) is 3.09. The lowest BCUT2D eigenvalue weighted by molar-refractivity contribution is 0.0306. The number of carbonyl (C=O) groups is 1. The summed E-state index contributed by atoms with van der Waals surface area (Å²) in [6.07, 6.45) is 4.46. The van der Waals surface area contributed by atoms with Crippen molar-refractivity contribution in [2.75, 3.05) is 31.1 Å². The monoisotopic (exact) mass is 314 g/mol. The minimum Gasteiger partial charge on any atom is -0.444 e. The SMILES string of the molecule is CC(C)(C)OC(=O)N1CC=C(c2ccc(N3CCCC3)cc2)C1. The second kappa shape index (κ2) is 6.26. The van der Waals surface area contributed by atoms with Crippen molar-refractivity contribution >= 4 is 17.4 Å². The van der Waals surface area contributed by atoms with Crippen molar-refractivity contribution < 1.29 is 9.53 Å². The molecule has 0 spiro atoms. The molecule has 4 nitrogen and oxygen atoms in total. The summed E-state index contributed by atoms with van der Waals surface area (Å²) >= 11 is 0. The van der Waals surface area contributed by atoms with Gasteiger partial charge in [0.1, 0.15) is 5.60 Å². The second-order valence-electron chi connectivity index (χ2n) is 7.33. The Hall–Kier alpha value is -1.97. The average Bonchev–Trinajstić information content (AvgIpc) is 3.18. The van der Waals surface area contributed by atoms with E-state index in [1.165, 1.54) is 29.7 Å². The summed E-state index contributed by atoms with van der Waals surface area (Å²) in [7, 11) is 0. The van der Waals surface area contributed by atoms with Crippen LogP contribution in [0.15, 0.2) is 30.3 Å². The summed E-state index contributed by atoms with van der Waals surface area (Å²) in [5.41, 5.74) is 3.24. The Balaban J connectivity index is 1.61. The van der Waals surface area contributed by atoms with Gasteiger partial charge < -0.3 is 14.5 Å². The van der Waals surface area contributed by atoms with Crippen molar-refractivity contribution in [1.29, 1.82) is 0 Å². The lowest BCUT2D eigenvalue weighted by Gasteiger charge is -2.24. The van der Waals surface area contributed by atoms with Crippen molar-refractivity contribution in [1.82, 2.24) is 4.90 Å². The number of benzene rings is 1. The number of hydrogen-bond donors (Lipinski definition) is 0. The molecule has 0 N–H and O–H groups in total. The number of amides is 1. The maximum Gasteiger partial charge on any atom is 0.410 e. The van der Waals surface area contributed by atoms with E-state index in [0.29, 0.717) is 13.1 Å². The van der Waals surface area contributed by atoms with Crippen molar-refractivity contribution in [2.45, 2.75) is 39.2 Å². The number of anilines is 1. The van der Waals surface area contributed by atoms with Gasteiger partial charge in [0.15, 0.2) is 0 Å². The molecule has 0 atom stereocenters. The van der Waals surface area contributed by atoms with Crippen LogP contribution in [0.2, 0.25) is 0 Å². The van der Waals surface area contributed by atoms with Crippen molar-refractivity contribution in [3.05, 3.63) is 35.9 Å². The molecule has 0 aromatic heterocycles. The molecule has 0 bridgehead atoms. The van der Waals surface area contributed by atoms with Crippen LogP contribution < -0.4 is 4.90 Å². The molecule has 3 rings (SSSR count). The second-order valence-corrected chi connectivity index (χ2v) is 7.33. The van der Waals surface area contributed by atoms with Crippen LogP contribution in [-0.2, 0) is 4.74 Å². The van der Waals surface area contributed by atoms with Gasteiger partial charge in [0, 0.05) is 31.9 Å². The first kappa shape index (κ1) is 15.9. The van der Waals surface area contributed by atoms with Gasteiger partial charge >= 0.3 is 6.09 Å². The molecule has 124 valence electrons. The van der Waals surface area contributed by atoms with Crippen LogP contribution in [0.1, 0.15) is 39.2 Å². The van der Waals surface area contributed by atoms with Gasteiger partial charge in [-0.2, -0.15) is 0 Å². The molecule has 2 aliphatic rings. The molecule has 0 unspecified atom stereocenters. The summed E-state index contributed by atoms with van der Waals surface area (Å²) in [5.74, 6) is 0. The van der Waals surface area contributed by atoms with Crippen LogP contribution in [0.4, 0.5) is 10.5 Å². The predicted octanol–water partition coefficient (Wildman–Crippen LogP) is 3.92. The van der Waals surface area contributed by atoms with Crippen LogP contribution in [0.25, 0.3) is 5.57 Å². The van der Waals surface area contributed by atoms with Crippen molar-refractivity contribution in [3.63, 3.8) is 0 Å². The number of hydrogen-bond acceptors (Lipinski definition) is 3. The van der Waals surface area contributed by atoms with Crippen LogP contribution in [0.3, 0.4) is 0 Å². The highest BCUT2D eigenvalue weighted by Crippen LogP contribution is 2.26. The van der Waals surface area contributed by atoms with Gasteiger partial charge in [-0.05, 0) is 56.9 Å². The van der Waals surface area contributed by atoms with E-state index in [1.807, 2.05) is 20.8 Å². The van der Waals surface area contributed by atoms with E-state index in [-0.39, 0.29) is 6.09 Å². The molecule has 0 radical (unpaired) electrons. The lowest BCUT2D eigenvalue weighted by Crippen LogP contribution is -2.35. The largest absolute Gasteiger partial charge is 0.444 e. The molecule has 23 heavy (non-hydrogen) atoms. The highest BCUT2D eigenvalue weighted by Gasteiger charge is 2.25. The van der Waals surface area contributed by atoms with E-state index in [0.717, 1.165) is 13.1 Å². The van der Waals surface area contributed by atoms with E-state index < -0.39 is 5.60 Å². The molecular weight excluding hydrogens is 288 g/mol. The third-order valence-electron chi connectivity index (χ3n) is 4.28. The van der Waals surface area contributed by atoms with Crippen LogP contribution in [0, 0.1) is 0 Å². The highest BCUT2D eigenvalue weighted by molar-refractivity contribution is 5.78. The van der Waals surface area contributed by atoms with Gasteiger partial charge in [-0.3, -0.25) is 0 Å². The van der Waals surface area contributed by atoms with Gasteiger partial charge in [0.05, 0.1) is 0 Å². The molecule has 1 aromatic carbocycles. The summed E-state index contributed by atoms with van der Waals surface area (Å²) in [6, 6.07) is 8.71. The molecule has 0 aliphatic carbocycles. The fraction of sp³-hybridized carbons (Fsp3) is 0.526. The Morgan fingerprint density at radius 3 is 2.35 bits per heavy atom. The first-order chi connectivity index (χ1) is 10.9. The van der Waals surface area contributed by atoms with Gasteiger partial charge in [-0.1, -0.05) is 18.2 Å². The third kappa shape index (κ3) is 3.87. The lowest BCUT2D eigenvalue weighted by atomic mass is 10.1. The first-order valence-corrected chi connectivity index (χ1v) is 8.45. The highest BCUT2D eigenvalue weighted by atomic mass is 16.6. The maximum absolute atomic E-state index is 12.1. The number of nitrogens with zero attached hydrogens (tertiary/aromatic N) is 2. The fourth-order valence-electron chi connectivity index (χ4n) is 3.09. The van der Waals surface area contributed by atoms with E-state index >= 15 is 0 Å². The Morgan fingerprint density at radius 2 is 1.74 bits per heavy atom. The van der Waals surface area contributed by atoms with E-state index in [1.54, 1.807) is 4.90 Å². The van der Waals surface area contributed by atoms with Gasteiger partial charge in [0.2, 0.25) is 0 Å². The minimum atomic E-state index is -0.447. The normalized spacial score (nSPS) is 18.3. The van der Waals surface area contributed by atoms with Gasteiger partial charge in [-0.15, -0.1) is 0 Å². The van der Waals surface area contributed by atoms with Gasteiger partial charge in [-0.25, -0.2) is 4.79 Å². The summed E-state index contributed by atoms with van der Waals surface area (Å²) in [5, 5.41) is 0. The quantitative estimate of drug-likeness (QED) is 0.829. The Bertz CT molecular complexity index is 593. The smallest absolute Gasteiger partial charge is 0.410 e. The zero-order valence-electron chi connectivity index (χ0n) is 14.3. The molecule has 2 aliphatic heterocycles. The Kier molecular flexibility index (Phi) is 4.33. The minimum absolute atomic E-state index is 0.238. The topological polar surface area (TPSA) is 32.8 Å². The molecule has 4 heteroatoms. The van der Waals surface area contributed by atoms with E-state index in [2.05, 4.69) is 35.2 Å². The van der Waals surface area contributed by atoms with Crippen LogP contribution in [0.5, 0.6) is 0 Å². The molecule has 0 saturated carbocycles. The zero-order valence-corrected chi connectivity index (χ0v) is 14.3. The number of rotatable bonds is 2. The first-order valence-electron chi connectivity index (χ1n) is 8.45. The van der Waals surface area contributed by atoms with E-state index in [9.17, 15) is 4.79 Å². The number of ether oxygens (including phenoxy) is 1. The summed E-state index contributed by atoms with van der Waals surface area (Å²) < 4.78 is 5.44.